The van der Waals surface area contributed by atoms with E-state index >= 15 is 0 Å². The zero-order valence-corrected chi connectivity index (χ0v) is 16.4. The van der Waals surface area contributed by atoms with Gasteiger partial charge in [-0.15, -0.1) is 0 Å². The summed E-state index contributed by atoms with van der Waals surface area (Å²) in [6.45, 7) is 1.83. The van der Waals surface area contributed by atoms with E-state index in [2.05, 4.69) is 5.32 Å². The van der Waals surface area contributed by atoms with Crippen LogP contribution in [0.15, 0.2) is 82.6 Å². The SMILES string of the molecule is Cc1cccc(OC(=O)Nc2ccc(S(=O)(=O)c3ccccc3C(F)(F)F)cc2)c1. The number of aryl methyl sites for hydroxylation is 1. The highest BCUT2D eigenvalue weighted by Gasteiger charge is 2.37. The highest BCUT2D eigenvalue weighted by molar-refractivity contribution is 7.91. The average Bonchev–Trinajstić information content (AvgIpc) is 2.67. The molecule has 0 saturated carbocycles. The van der Waals surface area contributed by atoms with Crippen LogP contribution >= 0.6 is 0 Å². The van der Waals surface area contributed by atoms with Gasteiger partial charge in [-0.25, -0.2) is 13.2 Å². The number of halogens is 3. The van der Waals surface area contributed by atoms with Gasteiger partial charge in [-0.05, 0) is 61.0 Å². The van der Waals surface area contributed by atoms with Gasteiger partial charge in [-0.3, -0.25) is 5.32 Å². The summed E-state index contributed by atoms with van der Waals surface area (Å²) in [6, 6.07) is 15.5. The fourth-order valence-corrected chi connectivity index (χ4v) is 4.19. The second-order valence-electron chi connectivity index (χ2n) is 6.35. The van der Waals surface area contributed by atoms with Crippen LogP contribution < -0.4 is 10.1 Å². The fourth-order valence-electron chi connectivity index (χ4n) is 2.71. The van der Waals surface area contributed by atoms with Crippen molar-refractivity contribution in [1.82, 2.24) is 0 Å². The summed E-state index contributed by atoms with van der Waals surface area (Å²) in [5.74, 6) is 0.329. The van der Waals surface area contributed by atoms with Crippen LogP contribution in [-0.4, -0.2) is 14.5 Å². The molecule has 0 aliphatic rings. The predicted molar refractivity (Wildman–Crippen MR) is 104 cm³/mol. The number of hydrogen-bond donors (Lipinski definition) is 1. The lowest BCUT2D eigenvalue weighted by molar-refractivity contribution is -0.139. The molecule has 0 aromatic heterocycles. The Morgan fingerprint density at radius 1 is 0.933 bits per heavy atom. The second kappa shape index (κ2) is 8.19. The van der Waals surface area contributed by atoms with Crippen molar-refractivity contribution in [3.8, 4) is 5.75 Å². The Balaban J connectivity index is 1.79. The summed E-state index contributed by atoms with van der Waals surface area (Å²) in [4.78, 5) is 10.8. The zero-order chi connectivity index (χ0) is 21.9. The first-order valence-corrected chi connectivity index (χ1v) is 10.1. The number of sulfone groups is 1. The van der Waals surface area contributed by atoms with E-state index in [1.165, 1.54) is 18.2 Å². The maximum atomic E-state index is 13.2. The van der Waals surface area contributed by atoms with Gasteiger partial charge in [0.25, 0.3) is 0 Å². The third kappa shape index (κ3) is 4.80. The maximum Gasteiger partial charge on any atom is 0.417 e. The minimum Gasteiger partial charge on any atom is -0.410 e. The molecule has 30 heavy (non-hydrogen) atoms. The van der Waals surface area contributed by atoms with Gasteiger partial charge in [0.1, 0.15) is 5.75 Å². The Labute approximate surface area is 171 Å². The van der Waals surface area contributed by atoms with E-state index in [0.717, 1.165) is 29.8 Å². The van der Waals surface area contributed by atoms with Gasteiger partial charge in [0.15, 0.2) is 0 Å². The van der Waals surface area contributed by atoms with Crippen molar-refractivity contribution in [2.75, 3.05) is 5.32 Å². The molecule has 156 valence electrons. The van der Waals surface area contributed by atoms with Gasteiger partial charge in [-0.2, -0.15) is 13.2 Å². The van der Waals surface area contributed by atoms with Crippen molar-refractivity contribution in [2.45, 2.75) is 22.9 Å². The first-order chi connectivity index (χ1) is 14.1. The second-order valence-corrected chi connectivity index (χ2v) is 8.27. The Morgan fingerprint density at radius 2 is 1.60 bits per heavy atom. The summed E-state index contributed by atoms with van der Waals surface area (Å²) in [5, 5.41) is 2.43. The van der Waals surface area contributed by atoms with Crippen LogP contribution in [0.3, 0.4) is 0 Å². The van der Waals surface area contributed by atoms with Crippen molar-refractivity contribution in [3.05, 3.63) is 83.9 Å². The number of carbonyl (C=O) groups excluding carboxylic acids is 1. The van der Waals surface area contributed by atoms with Gasteiger partial charge < -0.3 is 4.74 Å². The van der Waals surface area contributed by atoms with Crippen LogP contribution in [0.5, 0.6) is 5.75 Å². The summed E-state index contributed by atoms with van der Waals surface area (Å²) in [7, 11) is -4.42. The molecule has 0 aliphatic carbocycles. The number of carbonyl (C=O) groups is 1. The van der Waals surface area contributed by atoms with Crippen LogP contribution in [0.4, 0.5) is 23.7 Å². The monoisotopic (exact) mass is 435 g/mol. The molecule has 5 nitrogen and oxygen atoms in total. The Bertz CT molecular complexity index is 1170. The van der Waals surface area contributed by atoms with Gasteiger partial charge in [0.05, 0.1) is 15.4 Å². The van der Waals surface area contributed by atoms with Crippen molar-refractivity contribution in [2.24, 2.45) is 0 Å². The van der Waals surface area contributed by atoms with E-state index in [0.29, 0.717) is 11.8 Å². The lowest BCUT2D eigenvalue weighted by Gasteiger charge is -2.13. The minimum absolute atomic E-state index is 0.218. The van der Waals surface area contributed by atoms with Gasteiger partial charge in [0, 0.05) is 5.69 Å². The summed E-state index contributed by atoms with van der Waals surface area (Å²) >= 11 is 0. The lowest BCUT2D eigenvalue weighted by atomic mass is 10.2. The van der Waals surface area contributed by atoms with E-state index in [4.69, 9.17) is 4.74 Å². The summed E-state index contributed by atoms with van der Waals surface area (Å²) in [5.41, 5.74) is -0.126. The molecule has 1 N–H and O–H groups in total. The van der Waals surface area contributed by atoms with E-state index in [1.54, 1.807) is 18.2 Å². The average molecular weight is 435 g/mol. The molecule has 0 bridgehead atoms. The molecule has 3 aromatic carbocycles. The van der Waals surface area contributed by atoms with Gasteiger partial charge >= 0.3 is 12.3 Å². The van der Waals surface area contributed by atoms with Crippen molar-refractivity contribution in [1.29, 1.82) is 0 Å². The van der Waals surface area contributed by atoms with Crippen molar-refractivity contribution < 1.29 is 31.1 Å². The van der Waals surface area contributed by atoms with Crippen molar-refractivity contribution in [3.63, 3.8) is 0 Å². The zero-order valence-electron chi connectivity index (χ0n) is 15.6. The molecule has 0 radical (unpaired) electrons. The molecule has 0 fully saturated rings. The van der Waals surface area contributed by atoms with Crippen LogP contribution in [0, 0.1) is 6.92 Å². The number of nitrogens with one attached hydrogen (secondary N) is 1. The molecule has 0 unspecified atom stereocenters. The highest BCUT2D eigenvalue weighted by atomic mass is 32.2. The van der Waals surface area contributed by atoms with E-state index in [1.807, 2.05) is 13.0 Å². The number of ether oxygens (including phenoxy) is 1. The maximum absolute atomic E-state index is 13.2. The Kier molecular flexibility index (Phi) is 5.84. The number of anilines is 1. The van der Waals surface area contributed by atoms with Crippen LogP contribution in [0.2, 0.25) is 0 Å². The normalized spacial score (nSPS) is 11.7. The predicted octanol–water partition coefficient (Wildman–Crippen LogP) is 5.46. The Morgan fingerprint density at radius 3 is 2.23 bits per heavy atom. The molecule has 0 aliphatic heterocycles. The van der Waals surface area contributed by atoms with E-state index < -0.39 is 32.6 Å². The number of hydrogen-bond acceptors (Lipinski definition) is 4. The molecule has 3 aromatic rings. The number of rotatable bonds is 4. The molecular weight excluding hydrogens is 419 g/mol. The molecule has 0 saturated heterocycles. The highest BCUT2D eigenvalue weighted by Crippen LogP contribution is 2.36. The quantitative estimate of drug-likeness (QED) is 0.591. The topological polar surface area (TPSA) is 72.5 Å². The lowest BCUT2D eigenvalue weighted by Crippen LogP contribution is -2.17. The standard InChI is InChI=1S/C21H16F3NO4S/c1-14-5-4-6-16(13-14)29-20(26)25-15-9-11-17(12-10-15)30(27,28)19-8-3-2-7-18(19)21(22,23)24/h2-13H,1H3,(H,25,26). The summed E-state index contributed by atoms with van der Waals surface area (Å²) < 4.78 is 70.1. The molecule has 3 rings (SSSR count). The molecule has 0 heterocycles. The largest absolute Gasteiger partial charge is 0.417 e. The molecule has 9 heteroatoms. The fraction of sp³-hybridized carbons (Fsp3) is 0.0952. The van der Waals surface area contributed by atoms with Gasteiger partial charge in [0.2, 0.25) is 9.84 Å². The molecule has 0 spiro atoms. The summed E-state index contributed by atoms with van der Waals surface area (Å²) in [6.07, 6.45) is -5.61. The number of amides is 1. The van der Waals surface area contributed by atoms with Gasteiger partial charge in [-0.1, -0.05) is 24.3 Å². The van der Waals surface area contributed by atoms with E-state index in [9.17, 15) is 26.4 Å². The van der Waals surface area contributed by atoms with E-state index in [-0.39, 0.29) is 10.6 Å². The van der Waals surface area contributed by atoms with Crippen LogP contribution in [0.1, 0.15) is 11.1 Å². The first-order valence-electron chi connectivity index (χ1n) is 8.64. The van der Waals surface area contributed by atoms with Crippen LogP contribution in [-0.2, 0) is 16.0 Å². The number of alkyl halides is 3. The third-order valence-corrected chi connectivity index (χ3v) is 5.92. The Hall–Kier alpha value is -3.33. The smallest absolute Gasteiger partial charge is 0.410 e. The number of benzene rings is 3. The van der Waals surface area contributed by atoms with Crippen LogP contribution in [0.25, 0.3) is 0 Å². The van der Waals surface area contributed by atoms with Crippen molar-refractivity contribution >= 4 is 21.6 Å². The third-order valence-electron chi connectivity index (χ3n) is 4.09. The first kappa shape index (κ1) is 21.4. The molecular formula is C21H16F3NO4S. The molecule has 1 amide bonds. The minimum atomic E-state index is -4.81. The molecule has 0 atom stereocenters.